The number of aliphatic carboxylic acids is 1. The van der Waals surface area contributed by atoms with Crippen LogP contribution in [0.3, 0.4) is 0 Å². The predicted molar refractivity (Wildman–Crippen MR) is 82.0 cm³/mol. The third-order valence-corrected chi connectivity index (χ3v) is 3.86. The molecule has 0 bridgehead atoms. The van der Waals surface area contributed by atoms with Crippen LogP contribution in [-0.4, -0.2) is 19.3 Å². The van der Waals surface area contributed by atoms with E-state index >= 15 is 0 Å². The molecule has 0 aromatic heterocycles. The summed E-state index contributed by atoms with van der Waals surface area (Å²) in [6.07, 6.45) is 0. The molecule has 1 heterocycles. The van der Waals surface area contributed by atoms with Crippen molar-refractivity contribution in [1.29, 1.82) is 0 Å². The highest BCUT2D eigenvalue weighted by Gasteiger charge is 2.16. The normalized spacial score (nSPS) is 13.8. The number of ether oxygens (including phenoxy) is 2. The summed E-state index contributed by atoms with van der Waals surface area (Å²) < 4.78 is 10.7. The minimum Gasteiger partial charge on any atom is -0.544 e. The molecule has 5 heteroatoms. The number of carbonyl (C=O) groups is 1. The molecule has 0 fully saturated rings. The van der Waals surface area contributed by atoms with Gasteiger partial charge in [0.1, 0.15) is 19.6 Å². The van der Waals surface area contributed by atoms with E-state index in [0.29, 0.717) is 18.8 Å². The van der Waals surface area contributed by atoms with Crippen molar-refractivity contribution in [3.05, 3.63) is 59.2 Å². The molecule has 0 amide bonds. The molecule has 1 N–H and O–H groups in total. The smallest absolute Gasteiger partial charge is 0.231 e. The number of hydrogen-bond acceptors (Lipinski definition) is 4. The van der Waals surface area contributed by atoms with Crippen molar-refractivity contribution >= 4 is 5.97 Å². The molecule has 2 aromatic rings. The number of fused-ring (bicyclic) bond motifs is 1. The van der Waals surface area contributed by atoms with Gasteiger partial charge in [-0.1, -0.05) is 29.8 Å². The Morgan fingerprint density at radius 2 is 1.70 bits per heavy atom. The monoisotopic (exact) mass is 313 g/mol. The van der Waals surface area contributed by atoms with Crippen LogP contribution in [0.15, 0.2) is 42.5 Å². The summed E-state index contributed by atoms with van der Waals surface area (Å²) in [7, 11) is 0. The van der Waals surface area contributed by atoms with Crippen molar-refractivity contribution in [3.63, 3.8) is 0 Å². The lowest BCUT2D eigenvalue weighted by atomic mass is 10.1. The molecule has 0 aliphatic carbocycles. The number of benzene rings is 2. The molecule has 23 heavy (non-hydrogen) atoms. The maximum absolute atomic E-state index is 11.1. The first kappa shape index (κ1) is 15.4. The number of carboxylic acid groups (broad SMARTS) is 1. The fourth-order valence-corrected chi connectivity index (χ4v) is 2.73. The second kappa shape index (κ2) is 6.71. The predicted octanol–water partition coefficient (Wildman–Crippen LogP) is 0.0587. The van der Waals surface area contributed by atoms with E-state index in [1.54, 1.807) is 0 Å². The molecule has 0 radical (unpaired) electrons. The fourth-order valence-electron chi connectivity index (χ4n) is 2.73. The van der Waals surface area contributed by atoms with E-state index in [1.807, 2.05) is 49.4 Å². The van der Waals surface area contributed by atoms with Crippen LogP contribution in [0.4, 0.5) is 0 Å². The third-order valence-electron chi connectivity index (χ3n) is 3.86. The molecule has 0 spiro atoms. The van der Waals surface area contributed by atoms with Crippen LogP contribution in [0.1, 0.15) is 16.7 Å². The van der Waals surface area contributed by atoms with Gasteiger partial charge in [0, 0.05) is 11.1 Å². The van der Waals surface area contributed by atoms with Crippen LogP contribution in [0.5, 0.6) is 11.5 Å². The summed E-state index contributed by atoms with van der Waals surface area (Å²) in [6, 6.07) is 13.8. The van der Waals surface area contributed by atoms with E-state index in [2.05, 4.69) is 0 Å². The Hall–Kier alpha value is -2.53. The molecule has 0 saturated heterocycles. The number of aryl methyl sites for hydroxylation is 1. The van der Waals surface area contributed by atoms with Crippen molar-refractivity contribution < 1.29 is 24.3 Å². The summed E-state index contributed by atoms with van der Waals surface area (Å²) >= 11 is 0. The lowest BCUT2D eigenvalue weighted by Gasteiger charge is -2.20. The van der Waals surface area contributed by atoms with Crippen molar-refractivity contribution in [1.82, 2.24) is 0 Å². The zero-order valence-electron chi connectivity index (χ0n) is 13.0. The highest BCUT2D eigenvalue weighted by Crippen LogP contribution is 2.32. The van der Waals surface area contributed by atoms with E-state index in [1.165, 1.54) is 5.56 Å². The largest absolute Gasteiger partial charge is 0.544 e. The SMILES string of the molecule is Cc1ccc(C[NH+](CC(=O)[O-])Cc2ccc3c(c2)OCO3)cc1. The molecule has 5 nitrogen and oxygen atoms in total. The van der Waals surface area contributed by atoms with Gasteiger partial charge in [-0.25, -0.2) is 0 Å². The van der Waals surface area contributed by atoms with Gasteiger partial charge in [-0.3, -0.25) is 0 Å². The number of quaternary nitrogens is 1. The van der Waals surface area contributed by atoms with Gasteiger partial charge in [-0.15, -0.1) is 0 Å². The molecule has 0 saturated carbocycles. The second-order valence-electron chi connectivity index (χ2n) is 5.83. The third kappa shape index (κ3) is 4.02. The Morgan fingerprint density at radius 1 is 1.04 bits per heavy atom. The quantitative estimate of drug-likeness (QED) is 0.819. The van der Waals surface area contributed by atoms with E-state index in [0.717, 1.165) is 21.8 Å². The van der Waals surface area contributed by atoms with Crippen LogP contribution >= 0.6 is 0 Å². The second-order valence-corrected chi connectivity index (χ2v) is 5.83. The van der Waals surface area contributed by atoms with Crippen LogP contribution in [-0.2, 0) is 17.9 Å². The van der Waals surface area contributed by atoms with Crippen LogP contribution in [0.2, 0.25) is 0 Å². The average Bonchev–Trinajstić information content (AvgIpc) is 2.96. The summed E-state index contributed by atoms with van der Waals surface area (Å²) in [5.74, 6) is 0.396. The molecule has 120 valence electrons. The summed E-state index contributed by atoms with van der Waals surface area (Å²) in [6.45, 7) is 3.43. The van der Waals surface area contributed by atoms with Gasteiger partial charge in [0.2, 0.25) is 6.79 Å². The van der Waals surface area contributed by atoms with Crippen molar-refractivity contribution in [2.24, 2.45) is 0 Å². The Bertz CT molecular complexity index is 697. The van der Waals surface area contributed by atoms with E-state index in [4.69, 9.17) is 9.47 Å². The minimum absolute atomic E-state index is 0.0394. The van der Waals surface area contributed by atoms with Crippen LogP contribution in [0, 0.1) is 6.92 Å². The molecular formula is C18H19NO4. The topological polar surface area (TPSA) is 63.0 Å². The first-order valence-corrected chi connectivity index (χ1v) is 7.57. The molecule has 1 atom stereocenters. The summed E-state index contributed by atoms with van der Waals surface area (Å²) in [5, 5.41) is 11.1. The highest BCUT2D eigenvalue weighted by molar-refractivity contribution is 5.65. The maximum Gasteiger partial charge on any atom is 0.231 e. The number of hydrogen-bond donors (Lipinski definition) is 1. The number of nitrogens with one attached hydrogen (secondary N) is 1. The van der Waals surface area contributed by atoms with Gasteiger partial charge in [0.25, 0.3) is 0 Å². The van der Waals surface area contributed by atoms with Gasteiger partial charge in [0.05, 0.1) is 5.97 Å². The zero-order valence-corrected chi connectivity index (χ0v) is 13.0. The number of rotatable bonds is 6. The Kier molecular flexibility index (Phi) is 4.48. The molecule has 1 unspecified atom stereocenters. The Morgan fingerprint density at radius 3 is 2.43 bits per heavy atom. The average molecular weight is 313 g/mol. The molecule has 1 aliphatic rings. The van der Waals surface area contributed by atoms with Crippen molar-refractivity contribution in [2.45, 2.75) is 20.0 Å². The Balaban J connectivity index is 1.73. The van der Waals surface area contributed by atoms with Gasteiger partial charge >= 0.3 is 0 Å². The summed E-state index contributed by atoms with van der Waals surface area (Å²) in [4.78, 5) is 12.0. The van der Waals surface area contributed by atoms with Crippen molar-refractivity contribution in [2.75, 3.05) is 13.3 Å². The lowest BCUT2D eigenvalue weighted by molar-refractivity contribution is -0.922. The standard InChI is InChI=1S/C18H19NO4/c1-13-2-4-14(5-3-13)9-19(11-18(20)21)10-15-6-7-16-17(8-15)23-12-22-16/h2-8H,9-12H2,1H3,(H,20,21). The Labute approximate surface area is 135 Å². The highest BCUT2D eigenvalue weighted by atomic mass is 16.7. The van der Waals surface area contributed by atoms with E-state index < -0.39 is 5.97 Å². The summed E-state index contributed by atoms with van der Waals surface area (Å²) in [5.41, 5.74) is 3.30. The zero-order chi connectivity index (χ0) is 16.2. The lowest BCUT2D eigenvalue weighted by Crippen LogP contribution is -3.10. The van der Waals surface area contributed by atoms with Gasteiger partial charge < -0.3 is 24.3 Å². The van der Waals surface area contributed by atoms with Gasteiger partial charge in [0.15, 0.2) is 11.5 Å². The molecule has 3 rings (SSSR count). The fraction of sp³-hybridized carbons (Fsp3) is 0.278. The minimum atomic E-state index is -1.05. The van der Waals surface area contributed by atoms with E-state index in [9.17, 15) is 9.90 Å². The molecule has 2 aromatic carbocycles. The van der Waals surface area contributed by atoms with Gasteiger partial charge in [-0.2, -0.15) is 0 Å². The van der Waals surface area contributed by atoms with Crippen LogP contribution in [0.25, 0.3) is 0 Å². The maximum atomic E-state index is 11.1. The van der Waals surface area contributed by atoms with Gasteiger partial charge in [-0.05, 0) is 25.1 Å². The number of carboxylic acids is 1. The molecular weight excluding hydrogens is 294 g/mol. The van der Waals surface area contributed by atoms with Crippen molar-refractivity contribution in [3.8, 4) is 11.5 Å². The van der Waals surface area contributed by atoms with E-state index in [-0.39, 0.29) is 13.3 Å². The van der Waals surface area contributed by atoms with Crippen LogP contribution < -0.4 is 19.5 Å². The molecule has 1 aliphatic heterocycles. The first-order chi connectivity index (χ1) is 11.1. The number of carbonyl (C=O) groups excluding carboxylic acids is 1. The first-order valence-electron chi connectivity index (χ1n) is 7.57.